The molecule has 2 aromatic heterocycles. The van der Waals surface area contributed by atoms with Gasteiger partial charge in [0.25, 0.3) is 0 Å². The molecule has 1 aliphatic rings. The van der Waals surface area contributed by atoms with Crippen molar-refractivity contribution in [3.05, 3.63) is 23.7 Å². The molecule has 17 heavy (non-hydrogen) atoms. The van der Waals surface area contributed by atoms with Gasteiger partial charge in [0.2, 0.25) is 6.41 Å². The van der Waals surface area contributed by atoms with Crippen molar-refractivity contribution in [3.63, 3.8) is 0 Å². The smallest absolute Gasteiger partial charge is 0.214 e. The average molecular weight is 230 g/mol. The van der Waals surface area contributed by atoms with Gasteiger partial charge in [-0.25, -0.2) is 9.50 Å². The lowest BCUT2D eigenvalue weighted by molar-refractivity contribution is -0.107. The molecule has 0 radical (unpaired) electrons. The van der Waals surface area contributed by atoms with Gasteiger partial charge in [-0.15, -0.1) is 0 Å². The third-order valence-corrected chi connectivity index (χ3v) is 3.27. The first-order valence-electron chi connectivity index (χ1n) is 5.60. The van der Waals surface area contributed by atoms with Gasteiger partial charge < -0.3 is 4.90 Å². The minimum atomic E-state index is -0.0851. The number of carbonyl (C=O) groups is 1. The molecule has 1 amide bonds. The summed E-state index contributed by atoms with van der Waals surface area (Å²) in [6, 6.07) is 0. The highest BCUT2D eigenvalue weighted by Crippen LogP contribution is 2.41. The molecule has 2 aromatic rings. The number of imidazole rings is 1. The second-order valence-electron chi connectivity index (χ2n) is 5.17. The monoisotopic (exact) mass is 230 g/mol. The molecule has 0 saturated carbocycles. The molecule has 0 atom stereocenters. The normalized spacial score (nSPS) is 17.5. The first-order valence-corrected chi connectivity index (χ1v) is 5.60. The summed E-state index contributed by atoms with van der Waals surface area (Å²) < 4.78 is 1.78. The third-order valence-electron chi connectivity index (χ3n) is 3.27. The van der Waals surface area contributed by atoms with Crippen LogP contribution in [0.5, 0.6) is 0 Å². The van der Waals surface area contributed by atoms with Crippen LogP contribution in [0, 0.1) is 6.92 Å². The van der Waals surface area contributed by atoms with Gasteiger partial charge in [0, 0.05) is 17.5 Å². The number of aryl methyl sites for hydroxylation is 1. The molecule has 1 aliphatic heterocycles. The molecule has 3 rings (SSSR count). The van der Waals surface area contributed by atoms with E-state index < -0.39 is 0 Å². The number of amides is 1. The average Bonchev–Trinajstić information content (AvgIpc) is 2.75. The quantitative estimate of drug-likeness (QED) is 0.694. The number of rotatable bonds is 1. The van der Waals surface area contributed by atoms with E-state index in [-0.39, 0.29) is 5.41 Å². The van der Waals surface area contributed by atoms with Crippen LogP contribution in [-0.2, 0) is 10.2 Å². The SMILES string of the molecule is Cc1cn2ncc3c(c2n1)C(C)(C)CN3C=O. The predicted octanol–water partition coefficient (Wildman–Crippen LogP) is 1.29. The summed E-state index contributed by atoms with van der Waals surface area (Å²) in [7, 11) is 0. The standard InChI is InChI=1S/C12H14N4O/c1-8-5-16-11(14-8)10-9(4-13-16)15(7-17)6-12(10,2)3/h4-5,7H,6H2,1-3H3. The van der Waals surface area contributed by atoms with Crippen molar-refractivity contribution in [2.75, 3.05) is 11.4 Å². The highest BCUT2D eigenvalue weighted by molar-refractivity contribution is 5.84. The summed E-state index contributed by atoms with van der Waals surface area (Å²) in [5, 5.41) is 4.29. The summed E-state index contributed by atoms with van der Waals surface area (Å²) in [5.41, 5.74) is 3.69. The Labute approximate surface area is 99.1 Å². The Morgan fingerprint density at radius 2 is 2.24 bits per heavy atom. The fourth-order valence-corrected chi connectivity index (χ4v) is 2.59. The van der Waals surface area contributed by atoms with Crippen molar-refractivity contribution >= 4 is 17.7 Å². The Hall–Kier alpha value is -1.91. The summed E-state index contributed by atoms with van der Waals surface area (Å²) in [6.07, 6.45) is 4.50. The Balaban J connectivity index is 2.38. The van der Waals surface area contributed by atoms with E-state index in [4.69, 9.17) is 0 Å². The topological polar surface area (TPSA) is 50.5 Å². The lowest BCUT2D eigenvalue weighted by Gasteiger charge is -2.17. The second-order valence-corrected chi connectivity index (χ2v) is 5.17. The number of anilines is 1. The van der Waals surface area contributed by atoms with E-state index in [1.165, 1.54) is 0 Å². The zero-order valence-corrected chi connectivity index (χ0v) is 10.1. The van der Waals surface area contributed by atoms with Crippen LogP contribution in [0.1, 0.15) is 25.1 Å². The zero-order valence-electron chi connectivity index (χ0n) is 10.1. The summed E-state index contributed by atoms with van der Waals surface area (Å²) in [5.74, 6) is 0. The van der Waals surface area contributed by atoms with E-state index in [0.717, 1.165) is 29.0 Å². The van der Waals surface area contributed by atoms with E-state index in [2.05, 4.69) is 23.9 Å². The maximum atomic E-state index is 11.1. The van der Waals surface area contributed by atoms with Gasteiger partial charge in [-0.05, 0) is 6.92 Å². The number of aromatic nitrogens is 3. The van der Waals surface area contributed by atoms with Crippen LogP contribution in [0.3, 0.4) is 0 Å². The Bertz CT molecular complexity index is 614. The van der Waals surface area contributed by atoms with Gasteiger partial charge in [0.1, 0.15) is 0 Å². The van der Waals surface area contributed by atoms with Crippen molar-refractivity contribution in [2.24, 2.45) is 0 Å². The highest BCUT2D eigenvalue weighted by Gasteiger charge is 2.38. The van der Waals surface area contributed by atoms with Crippen molar-refractivity contribution < 1.29 is 4.79 Å². The summed E-state index contributed by atoms with van der Waals surface area (Å²) >= 11 is 0. The molecule has 3 heterocycles. The van der Waals surface area contributed by atoms with Gasteiger partial charge in [-0.1, -0.05) is 13.8 Å². The van der Waals surface area contributed by atoms with Crippen LogP contribution < -0.4 is 4.90 Å². The van der Waals surface area contributed by atoms with Gasteiger partial charge in [0.15, 0.2) is 5.65 Å². The number of hydrogen-bond acceptors (Lipinski definition) is 3. The Kier molecular flexibility index (Phi) is 1.85. The maximum Gasteiger partial charge on any atom is 0.214 e. The first kappa shape index (κ1) is 10.3. The van der Waals surface area contributed by atoms with E-state index in [9.17, 15) is 4.79 Å². The van der Waals surface area contributed by atoms with Gasteiger partial charge in [-0.2, -0.15) is 5.10 Å². The van der Waals surface area contributed by atoms with Crippen molar-refractivity contribution in [3.8, 4) is 0 Å². The van der Waals surface area contributed by atoms with Crippen molar-refractivity contribution in [2.45, 2.75) is 26.2 Å². The molecule has 0 bridgehead atoms. The fraction of sp³-hybridized carbons (Fsp3) is 0.417. The first-order chi connectivity index (χ1) is 8.03. The van der Waals surface area contributed by atoms with Crippen LogP contribution in [0.25, 0.3) is 5.65 Å². The maximum absolute atomic E-state index is 11.1. The number of hydrogen-bond donors (Lipinski definition) is 0. The molecule has 0 aromatic carbocycles. The molecule has 0 N–H and O–H groups in total. The van der Waals surface area contributed by atoms with Crippen LogP contribution in [0.2, 0.25) is 0 Å². The molecule has 0 spiro atoms. The molecule has 0 fully saturated rings. The van der Waals surface area contributed by atoms with E-state index >= 15 is 0 Å². The molecule has 0 saturated heterocycles. The number of carbonyl (C=O) groups excluding carboxylic acids is 1. The minimum Gasteiger partial charge on any atom is -0.312 e. The molecular formula is C12H14N4O. The van der Waals surface area contributed by atoms with Gasteiger partial charge >= 0.3 is 0 Å². The Morgan fingerprint density at radius 3 is 2.94 bits per heavy atom. The summed E-state index contributed by atoms with van der Waals surface area (Å²) in [4.78, 5) is 17.3. The van der Waals surface area contributed by atoms with Crippen LogP contribution >= 0.6 is 0 Å². The summed E-state index contributed by atoms with van der Waals surface area (Å²) in [6.45, 7) is 6.87. The lowest BCUT2D eigenvalue weighted by atomic mass is 9.88. The van der Waals surface area contributed by atoms with Crippen molar-refractivity contribution in [1.82, 2.24) is 14.6 Å². The van der Waals surface area contributed by atoms with E-state index in [1.807, 2.05) is 13.1 Å². The van der Waals surface area contributed by atoms with Gasteiger partial charge in [0.05, 0.1) is 23.8 Å². The number of nitrogens with zero attached hydrogens (tertiary/aromatic N) is 4. The second kappa shape index (κ2) is 3.06. The molecule has 5 nitrogen and oxygen atoms in total. The zero-order chi connectivity index (χ0) is 12.2. The number of fused-ring (bicyclic) bond motifs is 3. The largest absolute Gasteiger partial charge is 0.312 e. The molecule has 0 unspecified atom stereocenters. The molecule has 0 aliphatic carbocycles. The molecule has 88 valence electrons. The third kappa shape index (κ3) is 1.28. The predicted molar refractivity (Wildman–Crippen MR) is 64.2 cm³/mol. The van der Waals surface area contributed by atoms with E-state index in [1.54, 1.807) is 15.6 Å². The van der Waals surface area contributed by atoms with Crippen LogP contribution in [-0.4, -0.2) is 27.6 Å². The van der Waals surface area contributed by atoms with E-state index in [0.29, 0.717) is 6.54 Å². The van der Waals surface area contributed by atoms with Crippen LogP contribution in [0.4, 0.5) is 5.69 Å². The lowest BCUT2D eigenvalue weighted by Crippen LogP contribution is -2.27. The minimum absolute atomic E-state index is 0.0851. The highest BCUT2D eigenvalue weighted by atomic mass is 16.1. The fourth-order valence-electron chi connectivity index (χ4n) is 2.59. The molecule has 5 heteroatoms. The van der Waals surface area contributed by atoms with Gasteiger partial charge in [-0.3, -0.25) is 4.79 Å². The van der Waals surface area contributed by atoms with Crippen molar-refractivity contribution in [1.29, 1.82) is 0 Å². The Morgan fingerprint density at radius 1 is 1.47 bits per heavy atom. The van der Waals surface area contributed by atoms with Crippen LogP contribution in [0.15, 0.2) is 12.4 Å². The molecular weight excluding hydrogens is 216 g/mol.